The van der Waals surface area contributed by atoms with Crippen LogP contribution in [0.2, 0.25) is 0 Å². The third kappa shape index (κ3) is 2.66. The third-order valence-corrected chi connectivity index (χ3v) is 4.98. The van der Waals surface area contributed by atoms with E-state index in [1.807, 2.05) is 0 Å². The van der Waals surface area contributed by atoms with Gasteiger partial charge in [-0.25, -0.2) is 9.78 Å². The van der Waals surface area contributed by atoms with Gasteiger partial charge in [0.1, 0.15) is 4.83 Å². The summed E-state index contributed by atoms with van der Waals surface area (Å²) in [5, 5.41) is 2.06. The van der Waals surface area contributed by atoms with Crippen molar-refractivity contribution in [2.24, 2.45) is 0 Å². The van der Waals surface area contributed by atoms with E-state index in [1.165, 1.54) is 11.3 Å². The molecule has 0 saturated carbocycles. The van der Waals surface area contributed by atoms with Gasteiger partial charge in [-0.1, -0.05) is 0 Å². The fraction of sp³-hybridized carbons (Fsp3) is 0.533. The van der Waals surface area contributed by atoms with Gasteiger partial charge in [-0.05, 0) is 39.9 Å². The first-order valence-electron chi connectivity index (χ1n) is 7.45. The number of nitrogens with zero attached hydrogens (tertiary/aromatic N) is 3. The molecule has 0 aliphatic carbocycles. The number of likely N-dealkylation sites (tertiary alicyclic amines) is 1. The van der Waals surface area contributed by atoms with E-state index < -0.39 is 5.97 Å². The molecule has 3 heterocycles. The van der Waals surface area contributed by atoms with Gasteiger partial charge in [0.25, 0.3) is 5.56 Å². The van der Waals surface area contributed by atoms with E-state index in [1.54, 1.807) is 23.2 Å². The third-order valence-electron chi connectivity index (χ3n) is 4.10. The second-order valence-electron chi connectivity index (χ2n) is 5.54. The number of carbonyl (C=O) groups excluding carboxylic acids is 1. The minimum absolute atomic E-state index is 0.135. The number of hydrogen-bond acceptors (Lipinski definition) is 6. The lowest BCUT2D eigenvalue weighted by Gasteiger charge is -2.29. The molecule has 0 amide bonds. The van der Waals surface area contributed by atoms with Crippen molar-refractivity contribution in [3.05, 3.63) is 27.6 Å². The lowest BCUT2D eigenvalue weighted by molar-refractivity contribution is 0.0529. The highest BCUT2D eigenvalue weighted by Gasteiger charge is 2.23. The molecule has 0 radical (unpaired) electrons. The number of piperidine rings is 1. The molecule has 3 rings (SSSR count). The summed E-state index contributed by atoms with van der Waals surface area (Å²) >= 11 is 1.30. The highest BCUT2D eigenvalue weighted by Crippen LogP contribution is 2.24. The predicted octanol–water partition coefficient (Wildman–Crippen LogP) is 1.90. The van der Waals surface area contributed by atoms with Crippen LogP contribution in [0, 0.1) is 0 Å². The molecule has 0 unspecified atom stereocenters. The Morgan fingerprint density at radius 3 is 2.86 bits per heavy atom. The van der Waals surface area contributed by atoms with Crippen molar-refractivity contribution in [2.45, 2.75) is 25.8 Å². The quantitative estimate of drug-likeness (QED) is 0.808. The monoisotopic (exact) mass is 321 g/mol. The van der Waals surface area contributed by atoms with Crippen molar-refractivity contribution in [3.63, 3.8) is 0 Å². The first-order valence-corrected chi connectivity index (χ1v) is 8.33. The van der Waals surface area contributed by atoms with Gasteiger partial charge < -0.3 is 9.64 Å². The Bertz CT molecular complexity index is 744. The number of esters is 1. The number of thiophene rings is 1. The van der Waals surface area contributed by atoms with E-state index in [4.69, 9.17) is 4.74 Å². The fourth-order valence-corrected chi connectivity index (χ4v) is 3.70. The van der Waals surface area contributed by atoms with E-state index in [-0.39, 0.29) is 11.6 Å². The summed E-state index contributed by atoms with van der Waals surface area (Å²) < 4.78 is 6.72. The van der Waals surface area contributed by atoms with Gasteiger partial charge in [0.15, 0.2) is 0 Å². The van der Waals surface area contributed by atoms with Crippen LogP contribution in [0.5, 0.6) is 0 Å². The molecule has 118 valence electrons. The molecular formula is C15H19N3O3S. The molecule has 7 heteroatoms. The van der Waals surface area contributed by atoms with Crippen LogP contribution in [0.3, 0.4) is 0 Å². The smallest absolute Gasteiger partial charge is 0.339 e. The van der Waals surface area contributed by atoms with Crippen molar-refractivity contribution in [3.8, 4) is 0 Å². The Balaban J connectivity index is 2.03. The van der Waals surface area contributed by atoms with E-state index >= 15 is 0 Å². The molecule has 0 spiro atoms. The van der Waals surface area contributed by atoms with Crippen LogP contribution >= 0.6 is 11.3 Å². The van der Waals surface area contributed by atoms with E-state index in [2.05, 4.69) is 16.9 Å². The van der Waals surface area contributed by atoms with Gasteiger partial charge in [0.05, 0.1) is 23.9 Å². The standard InChI is InChI=1S/C15H19N3O3S/c1-3-21-15(20)11-8-22-13-12(11)14(19)18(9-16-13)10-4-6-17(2)7-5-10/h8-10H,3-7H2,1-2H3. The lowest BCUT2D eigenvalue weighted by Crippen LogP contribution is -2.35. The molecule has 1 saturated heterocycles. The molecule has 1 aliphatic heterocycles. The first kappa shape index (κ1) is 15.2. The Morgan fingerprint density at radius 2 is 2.18 bits per heavy atom. The van der Waals surface area contributed by atoms with E-state index in [0.29, 0.717) is 22.4 Å². The average molecular weight is 321 g/mol. The maximum Gasteiger partial charge on any atom is 0.339 e. The maximum atomic E-state index is 12.8. The van der Waals surface area contributed by atoms with Crippen LogP contribution in [-0.2, 0) is 4.74 Å². The van der Waals surface area contributed by atoms with Crippen molar-refractivity contribution in [1.29, 1.82) is 0 Å². The Kier molecular flexibility index (Phi) is 4.26. The Morgan fingerprint density at radius 1 is 1.45 bits per heavy atom. The number of carbonyl (C=O) groups is 1. The molecule has 2 aromatic rings. The molecule has 1 fully saturated rings. The summed E-state index contributed by atoms with van der Waals surface area (Å²) in [7, 11) is 2.08. The van der Waals surface area contributed by atoms with Gasteiger partial charge >= 0.3 is 5.97 Å². The van der Waals surface area contributed by atoms with Gasteiger partial charge in [0.2, 0.25) is 0 Å². The lowest BCUT2D eigenvalue weighted by atomic mass is 10.1. The van der Waals surface area contributed by atoms with E-state index in [0.717, 1.165) is 25.9 Å². The van der Waals surface area contributed by atoms with Crippen molar-refractivity contribution in [1.82, 2.24) is 14.5 Å². The van der Waals surface area contributed by atoms with Crippen LogP contribution in [0.4, 0.5) is 0 Å². The SMILES string of the molecule is CCOC(=O)c1csc2ncn(C3CCN(C)CC3)c(=O)c12. The van der Waals surface area contributed by atoms with Gasteiger partial charge in [-0.3, -0.25) is 9.36 Å². The molecule has 6 nitrogen and oxygen atoms in total. The number of fused-ring (bicyclic) bond motifs is 1. The highest BCUT2D eigenvalue weighted by molar-refractivity contribution is 7.17. The van der Waals surface area contributed by atoms with Crippen molar-refractivity contribution < 1.29 is 9.53 Å². The van der Waals surface area contributed by atoms with Crippen LogP contribution in [0.15, 0.2) is 16.5 Å². The van der Waals surface area contributed by atoms with Crippen molar-refractivity contribution in [2.75, 3.05) is 26.7 Å². The maximum absolute atomic E-state index is 12.8. The number of rotatable bonds is 3. The molecule has 0 aromatic carbocycles. The minimum atomic E-state index is -0.450. The minimum Gasteiger partial charge on any atom is -0.462 e. The highest BCUT2D eigenvalue weighted by atomic mass is 32.1. The summed E-state index contributed by atoms with van der Waals surface area (Å²) in [6.07, 6.45) is 3.46. The Hall–Kier alpha value is -1.73. The Labute approximate surface area is 132 Å². The van der Waals surface area contributed by atoms with Gasteiger partial charge in [-0.15, -0.1) is 11.3 Å². The zero-order valence-electron chi connectivity index (χ0n) is 12.7. The molecule has 0 bridgehead atoms. The average Bonchev–Trinajstić information content (AvgIpc) is 2.94. The summed E-state index contributed by atoms with van der Waals surface area (Å²) in [5.41, 5.74) is 0.200. The number of ether oxygens (including phenoxy) is 1. The summed E-state index contributed by atoms with van der Waals surface area (Å²) in [5.74, 6) is -0.450. The molecule has 2 aromatic heterocycles. The summed E-state index contributed by atoms with van der Waals surface area (Å²) in [6, 6.07) is 0.149. The van der Waals surface area contributed by atoms with E-state index in [9.17, 15) is 9.59 Å². The second-order valence-corrected chi connectivity index (χ2v) is 6.40. The fourth-order valence-electron chi connectivity index (χ4n) is 2.84. The van der Waals surface area contributed by atoms with Crippen LogP contribution in [-0.4, -0.2) is 47.2 Å². The van der Waals surface area contributed by atoms with Crippen molar-refractivity contribution >= 4 is 27.5 Å². The normalized spacial score (nSPS) is 17.0. The molecule has 1 aliphatic rings. The zero-order chi connectivity index (χ0) is 15.7. The van der Waals surface area contributed by atoms with Gasteiger partial charge in [-0.2, -0.15) is 0 Å². The second kappa shape index (κ2) is 6.18. The van der Waals surface area contributed by atoms with Crippen LogP contribution in [0.1, 0.15) is 36.2 Å². The number of aromatic nitrogens is 2. The molecule has 0 N–H and O–H groups in total. The molecule has 0 atom stereocenters. The van der Waals surface area contributed by atoms with Crippen LogP contribution < -0.4 is 5.56 Å². The summed E-state index contributed by atoms with van der Waals surface area (Å²) in [4.78, 5) is 32.0. The molecular weight excluding hydrogens is 302 g/mol. The predicted molar refractivity (Wildman–Crippen MR) is 85.6 cm³/mol. The first-order chi connectivity index (χ1) is 10.6. The van der Waals surface area contributed by atoms with Gasteiger partial charge in [0, 0.05) is 11.4 Å². The molecule has 22 heavy (non-hydrogen) atoms. The van der Waals surface area contributed by atoms with Crippen LogP contribution in [0.25, 0.3) is 10.2 Å². The zero-order valence-corrected chi connectivity index (χ0v) is 13.6. The summed E-state index contributed by atoms with van der Waals surface area (Å²) in [6.45, 7) is 3.97. The number of hydrogen-bond donors (Lipinski definition) is 0. The largest absolute Gasteiger partial charge is 0.462 e. The topological polar surface area (TPSA) is 64.4 Å².